The van der Waals surface area contributed by atoms with E-state index >= 15 is 0 Å². The van der Waals surface area contributed by atoms with Crippen molar-refractivity contribution in [2.24, 2.45) is 0 Å². The van der Waals surface area contributed by atoms with Crippen LogP contribution in [0.5, 0.6) is 0 Å². The number of anilines is 1. The van der Waals surface area contributed by atoms with Crippen molar-refractivity contribution in [3.63, 3.8) is 0 Å². The van der Waals surface area contributed by atoms with E-state index in [1.165, 1.54) is 6.20 Å². The summed E-state index contributed by atoms with van der Waals surface area (Å²) in [5.41, 5.74) is 0.451. The van der Waals surface area contributed by atoms with Crippen LogP contribution in [0.2, 0.25) is 0 Å². The van der Waals surface area contributed by atoms with Crippen molar-refractivity contribution in [2.75, 3.05) is 11.9 Å². The van der Waals surface area contributed by atoms with Gasteiger partial charge >= 0.3 is 0 Å². The molecule has 1 aromatic rings. The highest BCUT2D eigenvalue weighted by Gasteiger charge is 2.05. The van der Waals surface area contributed by atoms with Gasteiger partial charge in [0.1, 0.15) is 12.1 Å². The number of nitrogens with one attached hydrogen (secondary N) is 1. The molecular formula is C11H13N5. The number of rotatable bonds is 5. The molecular weight excluding hydrogens is 202 g/mol. The molecule has 0 spiro atoms. The molecule has 1 rings (SSSR count). The van der Waals surface area contributed by atoms with Gasteiger partial charge in [0.05, 0.1) is 6.20 Å². The molecule has 0 saturated carbocycles. The van der Waals surface area contributed by atoms with Gasteiger partial charge in [-0.1, -0.05) is 19.8 Å². The fraction of sp³-hybridized carbons (Fsp3) is 0.455. The Bertz CT molecular complexity index is 427. The SMILES string of the molecule is CCCCCNc1nc(C#N)cnc1C#N. The number of unbranched alkanes of at least 4 members (excludes halogenated alkanes) is 2. The van der Waals surface area contributed by atoms with Crippen LogP contribution in [-0.4, -0.2) is 16.5 Å². The van der Waals surface area contributed by atoms with E-state index in [2.05, 4.69) is 22.2 Å². The lowest BCUT2D eigenvalue weighted by atomic mass is 10.2. The Hall–Kier alpha value is -2.14. The van der Waals surface area contributed by atoms with Crippen molar-refractivity contribution in [3.8, 4) is 12.1 Å². The first kappa shape index (κ1) is 11.9. The van der Waals surface area contributed by atoms with E-state index in [0.717, 1.165) is 25.8 Å². The van der Waals surface area contributed by atoms with Crippen LogP contribution in [0, 0.1) is 22.7 Å². The Balaban J connectivity index is 2.70. The van der Waals surface area contributed by atoms with E-state index in [4.69, 9.17) is 10.5 Å². The Kier molecular flexibility index (Phi) is 4.75. The predicted molar refractivity (Wildman–Crippen MR) is 59.5 cm³/mol. The summed E-state index contributed by atoms with van der Waals surface area (Å²) in [7, 11) is 0. The Morgan fingerprint density at radius 1 is 1.31 bits per heavy atom. The first-order valence-corrected chi connectivity index (χ1v) is 5.23. The second kappa shape index (κ2) is 6.36. The van der Waals surface area contributed by atoms with Crippen LogP contribution in [0.3, 0.4) is 0 Å². The quantitative estimate of drug-likeness (QED) is 0.757. The van der Waals surface area contributed by atoms with E-state index in [0.29, 0.717) is 5.82 Å². The van der Waals surface area contributed by atoms with Gasteiger partial charge in [-0.05, 0) is 6.42 Å². The molecule has 0 atom stereocenters. The molecule has 0 aromatic carbocycles. The first-order valence-electron chi connectivity index (χ1n) is 5.23. The van der Waals surface area contributed by atoms with Crippen molar-refractivity contribution >= 4 is 5.82 Å². The minimum absolute atomic E-state index is 0.219. The summed E-state index contributed by atoms with van der Waals surface area (Å²) in [6.45, 7) is 2.86. The summed E-state index contributed by atoms with van der Waals surface area (Å²) in [6.07, 6.45) is 4.58. The lowest BCUT2D eigenvalue weighted by molar-refractivity contribution is 0.741. The minimum Gasteiger partial charge on any atom is -0.368 e. The molecule has 1 N–H and O–H groups in total. The summed E-state index contributed by atoms with van der Waals surface area (Å²) in [5, 5.41) is 20.5. The minimum atomic E-state index is 0.219. The van der Waals surface area contributed by atoms with Crippen molar-refractivity contribution in [2.45, 2.75) is 26.2 Å². The molecule has 1 heterocycles. The third-order valence-corrected chi connectivity index (χ3v) is 2.07. The standard InChI is InChI=1S/C11H13N5/c1-2-3-4-5-14-11-10(7-13)15-8-9(6-12)16-11/h8H,2-5H2,1H3,(H,14,16). The van der Waals surface area contributed by atoms with E-state index in [1.54, 1.807) is 0 Å². The molecule has 0 aliphatic heterocycles. The van der Waals surface area contributed by atoms with Crippen LogP contribution in [0.15, 0.2) is 6.20 Å². The van der Waals surface area contributed by atoms with E-state index in [9.17, 15) is 0 Å². The molecule has 0 unspecified atom stereocenters. The average molecular weight is 215 g/mol. The van der Waals surface area contributed by atoms with Gasteiger partial charge in [0.15, 0.2) is 17.2 Å². The van der Waals surface area contributed by atoms with Crippen molar-refractivity contribution in [1.29, 1.82) is 10.5 Å². The molecule has 0 amide bonds. The van der Waals surface area contributed by atoms with Gasteiger partial charge in [0.2, 0.25) is 0 Å². The molecule has 1 aromatic heterocycles. The van der Waals surface area contributed by atoms with Crippen LogP contribution in [0.4, 0.5) is 5.82 Å². The smallest absolute Gasteiger partial charge is 0.183 e. The van der Waals surface area contributed by atoms with Crippen LogP contribution in [0.25, 0.3) is 0 Å². The van der Waals surface area contributed by atoms with Crippen molar-refractivity contribution in [3.05, 3.63) is 17.6 Å². The molecule has 0 saturated heterocycles. The summed E-state index contributed by atoms with van der Waals surface area (Å²) >= 11 is 0. The van der Waals surface area contributed by atoms with E-state index < -0.39 is 0 Å². The Morgan fingerprint density at radius 2 is 2.12 bits per heavy atom. The van der Waals surface area contributed by atoms with Gasteiger partial charge < -0.3 is 5.32 Å². The molecule has 5 heteroatoms. The van der Waals surface area contributed by atoms with Crippen molar-refractivity contribution < 1.29 is 0 Å². The number of aromatic nitrogens is 2. The van der Waals surface area contributed by atoms with Gasteiger partial charge in [0.25, 0.3) is 0 Å². The van der Waals surface area contributed by atoms with Crippen molar-refractivity contribution in [1.82, 2.24) is 9.97 Å². The summed E-state index contributed by atoms with van der Waals surface area (Å²) in [5.74, 6) is 0.401. The zero-order valence-corrected chi connectivity index (χ0v) is 9.19. The van der Waals surface area contributed by atoms with Crippen LogP contribution < -0.4 is 5.32 Å². The molecule has 0 radical (unpaired) electrons. The lowest BCUT2D eigenvalue weighted by Crippen LogP contribution is -2.07. The monoisotopic (exact) mass is 215 g/mol. The van der Waals surface area contributed by atoms with E-state index in [-0.39, 0.29) is 11.4 Å². The Morgan fingerprint density at radius 3 is 2.75 bits per heavy atom. The fourth-order valence-corrected chi connectivity index (χ4v) is 1.23. The maximum atomic E-state index is 8.81. The largest absolute Gasteiger partial charge is 0.368 e. The first-order chi connectivity index (χ1) is 7.81. The fourth-order valence-electron chi connectivity index (χ4n) is 1.23. The number of hydrogen-bond donors (Lipinski definition) is 1. The van der Waals surface area contributed by atoms with Gasteiger partial charge in [-0.2, -0.15) is 10.5 Å². The van der Waals surface area contributed by atoms with Crippen LogP contribution in [0.1, 0.15) is 37.6 Å². The zero-order valence-electron chi connectivity index (χ0n) is 9.19. The summed E-state index contributed by atoms with van der Waals surface area (Å²) in [4.78, 5) is 7.86. The third-order valence-electron chi connectivity index (χ3n) is 2.07. The maximum absolute atomic E-state index is 8.81. The average Bonchev–Trinajstić information content (AvgIpc) is 2.34. The number of nitrogens with zero attached hydrogens (tertiary/aromatic N) is 4. The zero-order chi connectivity index (χ0) is 11.8. The molecule has 0 fully saturated rings. The van der Waals surface area contributed by atoms with Crippen LogP contribution in [-0.2, 0) is 0 Å². The van der Waals surface area contributed by atoms with Gasteiger partial charge in [-0.3, -0.25) is 0 Å². The predicted octanol–water partition coefficient (Wildman–Crippen LogP) is 1.82. The topological polar surface area (TPSA) is 85.4 Å². The highest BCUT2D eigenvalue weighted by Crippen LogP contribution is 2.09. The highest BCUT2D eigenvalue weighted by atomic mass is 15.0. The van der Waals surface area contributed by atoms with Gasteiger partial charge in [0, 0.05) is 6.54 Å². The second-order valence-corrected chi connectivity index (χ2v) is 3.31. The summed E-state index contributed by atoms with van der Waals surface area (Å²) in [6, 6.07) is 3.84. The van der Waals surface area contributed by atoms with Gasteiger partial charge in [-0.15, -0.1) is 0 Å². The van der Waals surface area contributed by atoms with Gasteiger partial charge in [-0.25, -0.2) is 9.97 Å². The van der Waals surface area contributed by atoms with E-state index in [1.807, 2.05) is 12.1 Å². The van der Waals surface area contributed by atoms with Crippen LogP contribution >= 0.6 is 0 Å². The molecule has 5 nitrogen and oxygen atoms in total. The maximum Gasteiger partial charge on any atom is 0.183 e. The number of hydrogen-bond acceptors (Lipinski definition) is 5. The third kappa shape index (κ3) is 3.21. The summed E-state index contributed by atoms with van der Waals surface area (Å²) < 4.78 is 0. The highest BCUT2D eigenvalue weighted by molar-refractivity contribution is 5.48. The molecule has 0 bridgehead atoms. The number of nitriles is 2. The Labute approximate surface area is 94.8 Å². The normalized spacial score (nSPS) is 9.19. The molecule has 82 valence electrons. The second-order valence-electron chi connectivity index (χ2n) is 3.31. The molecule has 0 aliphatic rings. The molecule has 0 aliphatic carbocycles. The lowest BCUT2D eigenvalue weighted by Gasteiger charge is -2.05. The molecule has 16 heavy (non-hydrogen) atoms.